The number of hydrogen-bond donors (Lipinski definition) is 2. The van der Waals surface area contributed by atoms with Crippen molar-refractivity contribution in [3.05, 3.63) is 33.8 Å². The Labute approximate surface area is 180 Å². The first kappa shape index (κ1) is 24.6. The van der Waals surface area contributed by atoms with Crippen molar-refractivity contribution in [2.45, 2.75) is 51.3 Å². The number of benzene rings is 1. The molecule has 2 atom stereocenters. The lowest BCUT2D eigenvalue weighted by Gasteiger charge is -2.24. The number of amides is 2. The lowest BCUT2D eigenvalue weighted by Crippen LogP contribution is -2.49. The maximum atomic E-state index is 12.8. The molecule has 0 aliphatic heterocycles. The Hall–Kier alpha value is -2.43. The average Bonchev–Trinajstić information content (AvgIpc) is 2.58. The highest BCUT2D eigenvalue weighted by Gasteiger charge is 2.27. The largest absolute Gasteiger partial charge is 0.469 e. The van der Waals surface area contributed by atoms with Crippen molar-refractivity contribution in [3.63, 3.8) is 0 Å². The fourth-order valence-corrected chi connectivity index (χ4v) is 2.87. The van der Waals surface area contributed by atoms with E-state index in [0.717, 1.165) is 0 Å². The van der Waals surface area contributed by atoms with Gasteiger partial charge in [0.1, 0.15) is 11.6 Å². The Balaban J connectivity index is 3.04. The first-order valence-electron chi connectivity index (χ1n) is 8.71. The quantitative estimate of drug-likeness (QED) is 0.496. The highest BCUT2D eigenvalue weighted by Crippen LogP contribution is 2.26. The van der Waals surface area contributed by atoms with Crippen LogP contribution in [0, 0.1) is 12.3 Å². The molecular weight excluding hydrogens is 419 g/mol. The van der Waals surface area contributed by atoms with E-state index in [-0.39, 0.29) is 12.8 Å². The molecule has 0 spiro atoms. The summed E-state index contributed by atoms with van der Waals surface area (Å²) in [6.45, 7) is 5.08. The number of terminal acetylenes is 1. The van der Waals surface area contributed by atoms with E-state index in [1.807, 2.05) is 0 Å². The summed E-state index contributed by atoms with van der Waals surface area (Å²) in [5, 5.41) is 5.79. The predicted octanol–water partition coefficient (Wildman–Crippen LogP) is 3.63. The van der Waals surface area contributed by atoms with Gasteiger partial charge in [0, 0.05) is 16.5 Å². The van der Waals surface area contributed by atoms with Crippen LogP contribution in [-0.2, 0) is 19.1 Å². The first-order chi connectivity index (χ1) is 13.4. The van der Waals surface area contributed by atoms with Crippen LogP contribution in [0.1, 0.15) is 45.2 Å². The van der Waals surface area contributed by atoms with Crippen LogP contribution < -0.4 is 10.6 Å². The van der Waals surface area contributed by atoms with Crippen molar-refractivity contribution < 1.29 is 23.9 Å². The van der Waals surface area contributed by atoms with Crippen LogP contribution >= 0.6 is 23.2 Å². The van der Waals surface area contributed by atoms with Gasteiger partial charge in [0.25, 0.3) is 0 Å². The summed E-state index contributed by atoms with van der Waals surface area (Å²) in [5.74, 6) is 1.18. The number of ether oxygens (including phenoxy) is 2. The molecule has 9 heteroatoms. The van der Waals surface area contributed by atoms with Gasteiger partial charge in [-0.1, -0.05) is 23.2 Å². The van der Waals surface area contributed by atoms with Gasteiger partial charge in [-0.2, -0.15) is 0 Å². The Morgan fingerprint density at radius 3 is 2.21 bits per heavy atom. The molecule has 0 saturated carbocycles. The van der Waals surface area contributed by atoms with Crippen molar-refractivity contribution in [3.8, 4) is 12.3 Å². The zero-order valence-corrected chi connectivity index (χ0v) is 18.2. The molecule has 7 nitrogen and oxygen atoms in total. The van der Waals surface area contributed by atoms with Crippen LogP contribution in [0.25, 0.3) is 0 Å². The summed E-state index contributed by atoms with van der Waals surface area (Å²) in [6.07, 6.45) is 4.28. The Morgan fingerprint density at radius 1 is 1.14 bits per heavy atom. The molecule has 0 saturated heterocycles. The second-order valence-electron chi connectivity index (χ2n) is 7.15. The average molecular weight is 443 g/mol. The van der Waals surface area contributed by atoms with Crippen molar-refractivity contribution in [1.29, 1.82) is 0 Å². The third kappa shape index (κ3) is 9.07. The van der Waals surface area contributed by atoms with Crippen molar-refractivity contribution in [1.82, 2.24) is 10.6 Å². The standard InChI is InChI=1S/C20H24Cl2N2O5/c1-6-7-15(24-19(27)29-20(2,3)4)18(26)23-16(11-17(25)28-5)12-8-13(21)10-14(22)9-12/h1,8-10,15-16H,7,11H2,2-5H3,(H,23,26)(H,24,27). The van der Waals surface area contributed by atoms with Gasteiger partial charge in [-0.25, -0.2) is 4.79 Å². The maximum absolute atomic E-state index is 12.8. The molecule has 29 heavy (non-hydrogen) atoms. The van der Waals surface area contributed by atoms with Crippen molar-refractivity contribution in [2.24, 2.45) is 0 Å². The number of nitrogens with one attached hydrogen (secondary N) is 2. The number of methoxy groups -OCH3 is 1. The number of esters is 1. The molecule has 0 aliphatic carbocycles. The fourth-order valence-electron chi connectivity index (χ4n) is 2.33. The van der Waals surface area contributed by atoms with Gasteiger partial charge in [0.15, 0.2) is 0 Å². The maximum Gasteiger partial charge on any atom is 0.408 e. The second-order valence-corrected chi connectivity index (χ2v) is 8.02. The van der Waals surface area contributed by atoms with Gasteiger partial charge in [0.2, 0.25) is 5.91 Å². The molecule has 0 fully saturated rings. The van der Waals surface area contributed by atoms with E-state index in [1.54, 1.807) is 32.9 Å². The highest BCUT2D eigenvalue weighted by atomic mass is 35.5. The minimum atomic E-state index is -1.07. The molecule has 158 valence electrons. The van der Waals surface area contributed by atoms with E-state index in [4.69, 9.17) is 39.1 Å². The van der Waals surface area contributed by atoms with E-state index in [9.17, 15) is 14.4 Å². The molecule has 2 unspecified atom stereocenters. The van der Waals surface area contributed by atoms with E-state index in [1.165, 1.54) is 13.2 Å². The molecule has 1 aromatic carbocycles. The van der Waals surface area contributed by atoms with Crippen molar-refractivity contribution >= 4 is 41.2 Å². The predicted molar refractivity (Wildman–Crippen MR) is 111 cm³/mol. The summed E-state index contributed by atoms with van der Waals surface area (Å²) >= 11 is 12.1. The van der Waals surface area contributed by atoms with Crippen LogP contribution in [0.2, 0.25) is 10.0 Å². The first-order valence-corrected chi connectivity index (χ1v) is 9.47. The van der Waals surface area contributed by atoms with Gasteiger partial charge >= 0.3 is 12.1 Å². The molecule has 0 aromatic heterocycles. The van der Waals surface area contributed by atoms with Gasteiger partial charge in [0.05, 0.1) is 19.6 Å². The molecule has 2 N–H and O–H groups in total. The van der Waals surface area contributed by atoms with E-state index in [2.05, 4.69) is 16.6 Å². The third-order valence-corrected chi connectivity index (χ3v) is 3.97. The van der Waals surface area contributed by atoms with Gasteiger partial charge in [-0.15, -0.1) is 12.3 Å². The second kappa shape index (κ2) is 10.9. The topological polar surface area (TPSA) is 93.7 Å². The van der Waals surface area contributed by atoms with Crippen LogP contribution in [-0.4, -0.2) is 36.7 Å². The van der Waals surface area contributed by atoms with E-state index >= 15 is 0 Å². The molecule has 1 aromatic rings. The Kier molecular flexibility index (Phi) is 9.28. The lowest BCUT2D eigenvalue weighted by atomic mass is 10.0. The van der Waals surface area contributed by atoms with Gasteiger partial charge < -0.3 is 20.1 Å². The summed E-state index contributed by atoms with van der Waals surface area (Å²) in [5.41, 5.74) is -0.246. The molecule has 2 amide bonds. The number of hydrogen-bond acceptors (Lipinski definition) is 5. The summed E-state index contributed by atoms with van der Waals surface area (Å²) in [7, 11) is 1.23. The van der Waals surface area contributed by atoms with Crippen LogP contribution in [0.4, 0.5) is 4.79 Å². The Bertz CT molecular complexity index is 779. The lowest BCUT2D eigenvalue weighted by molar-refractivity contribution is -0.141. The minimum Gasteiger partial charge on any atom is -0.469 e. The number of carbonyl (C=O) groups is 3. The number of rotatable bonds is 7. The SMILES string of the molecule is C#CCC(NC(=O)OC(C)(C)C)C(=O)NC(CC(=O)OC)c1cc(Cl)cc(Cl)c1. The van der Waals surface area contributed by atoms with Gasteiger partial charge in [-0.3, -0.25) is 9.59 Å². The number of alkyl carbamates (subject to hydrolysis) is 1. The zero-order chi connectivity index (χ0) is 22.2. The summed E-state index contributed by atoms with van der Waals surface area (Å²) < 4.78 is 9.85. The van der Waals surface area contributed by atoms with E-state index in [0.29, 0.717) is 15.6 Å². The normalized spacial score (nSPS) is 12.9. The molecule has 0 aliphatic rings. The highest BCUT2D eigenvalue weighted by molar-refractivity contribution is 6.34. The van der Waals surface area contributed by atoms with E-state index < -0.39 is 35.7 Å². The summed E-state index contributed by atoms with van der Waals surface area (Å²) in [6, 6.07) is 2.79. The molecule has 1 rings (SSSR count). The fraction of sp³-hybridized carbons (Fsp3) is 0.450. The monoisotopic (exact) mass is 442 g/mol. The van der Waals surface area contributed by atoms with Crippen LogP contribution in [0.3, 0.4) is 0 Å². The van der Waals surface area contributed by atoms with Crippen LogP contribution in [0.15, 0.2) is 18.2 Å². The molecule has 0 bridgehead atoms. The van der Waals surface area contributed by atoms with Gasteiger partial charge in [-0.05, 0) is 44.5 Å². The number of carbonyl (C=O) groups excluding carboxylic acids is 3. The molecule has 0 radical (unpaired) electrons. The Morgan fingerprint density at radius 2 is 1.72 bits per heavy atom. The third-order valence-electron chi connectivity index (χ3n) is 3.53. The zero-order valence-electron chi connectivity index (χ0n) is 16.7. The van der Waals surface area contributed by atoms with Crippen LogP contribution in [0.5, 0.6) is 0 Å². The smallest absolute Gasteiger partial charge is 0.408 e. The molecule has 0 heterocycles. The number of halogens is 2. The van der Waals surface area contributed by atoms with Crippen molar-refractivity contribution in [2.75, 3.05) is 7.11 Å². The summed E-state index contributed by atoms with van der Waals surface area (Å²) in [4.78, 5) is 36.6. The minimum absolute atomic E-state index is 0.0771. The molecular formula is C20H24Cl2N2O5.